The van der Waals surface area contributed by atoms with E-state index in [0.717, 1.165) is 12.8 Å². The Labute approximate surface area is 192 Å². The Bertz CT molecular complexity index is 541. The molecule has 1 aromatic carbocycles. The molecule has 0 aliphatic rings. The SMILES string of the molecule is CCCCCCCCCCCCCCCCCCCCOC(=O)c1cccc(OC)c1. The van der Waals surface area contributed by atoms with Crippen molar-refractivity contribution in [1.82, 2.24) is 0 Å². The number of carbonyl (C=O) groups is 1. The van der Waals surface area contributed by atoms with Crippen LogP contribution in [0.5, 0.6) is 5.75 Å². The fourth-order valence-electron chi connectivity index (χ4n) is 4.00. The molecule has 0 unspecified atom stereocenters. The Morgan fingerprint density at radius 1 is 0.677 bits per heavy atom. The van der Waals surface area contributed by atoms with Gasteiger partial charge in [-0.1, -0.05) is 122 Å². The minimum Gasteiger partial charge on any atom is -0.497 e. The summed E-state index contributed by atoms with van der Waals surface area (Å²) in [4.78, 5) is 12.0. The third-order valence-electron chi connectivity index (χ3n) is 6.04. The molecule has 0 heterocycles. The fourth-order valence-corrected chi connectivity index (χ4v) is 4.00. The zero-order valence-corrected chi connectivity index (χ0v) is 20.5. The van der Waals surface area contributed by atoms with Gasteiger partial charge >= 0.3 is 5.97 Å². The van der Waals surface area contributed by atoms with E-state index >= 15 is 0 Å². The van der Waals surface area contributed by atoms with Crippen molar-refractivity contribution in [1.29, 1.82) is 0 Å². The Morgan fingerprint density at radius 3 is 1.58 bits per heavy atom. The summed E-state index contributed by atoms with van der Waals surface area (Å²) < 4.78 is 10.5. The lowest BCUT2D eigenvalue weighted by atomic mass is 10.0. The molecule has 0 radical (unpaired) electrons. The molecule has 3 nitrogen and oxygen atoms in total. The van der Waals surface area contributed by atoms with Gasteiger partial charge in [-0.05, 0) is 24.6 Å². The minimum absolute atomic E-state index is 0.258. The first kappa shape index (κ1) is 27.5. The first-order valence-corrected chi connectivity index (χ1v) is 13.1. The van der Waals surface area contributed by atoms with E-state index in [1.165, 1.54) is 103 Å². The van der Waals surface area contributed by atoms with E-state index in [1.54, 1.807) is 19.2 Å². The van der Waals surface area contributed by atoms with Gasteiger partial charge in [0.05, 0.1) is 19.3 Å². The lowest BCUT2D eigenvalue weighted by Crippen LogP contribution is -2.06. The summed E-state index contributed by atoms with van der Waals surface area (Å²) in [5.41, 5.74) is 0.557. The highest BCUT2D eigenvalue weighted by molar-refractivity contribution is 5.89. The van der Waals surface area contributed by atoms with E-state index in [1.807, 2.05) is 12.1 Å². The van der Waals surface area contributed by atoms with Gasteiger partial charge in [0.2, 0.25) is 0 Å². The average molecular weight is 433 g/mol. The molecule has 0 fully saturated rings. The molecule has 0 N–H and O–H groups in total. The van der Waals surface area contributed by atoms with E-state index in [4.69, 9.17) is 9.47 Å². The molecule has 0 aromatic heterocycles. The average Bonchev–Trinajstić information content (AvgIpc) is 2.80. The zero-order valence-electron chi connectivity index (χ0n) is 20.5. The van der Waals surface area contributed by atoms with E-state index in [0.29, 0.717) is 17.9 Å². The Morgan fingerprint density at radius 2 is 1.13 bits per heavy atom. The van der Waals surface area contributed by atoms with Crippen molar-refractivity contribution in [2.45, 2.75) is 122 Å². The van der Waals surface area contributed by atoms with Crippen LogP contribution in [0.25, 0.3) is 0 Å². The maximum absolute atomic E-state index is 12.0. The highest BCUT2D eigenvalue weighted by Crippen LogP contribution is 2.15. The molecule has 0 aliphatic carbocycles. The van der Waals surface area contributed by atoms with Gasteiger partial charge in [0.15, 0.2) is 0 Å². The number of benzene rings is 1. The zero-order chi connectivity index (χ0) is 22.4. The number of hydrogen-bond acceptors (Lipinski definition) is 3. The molecule has 0 atom stereocenters. The van der Waals surface area contributed by atoms with Crippen LogP contribution in [0.1, 0.15) is 133 Å². The summed E-state index contributed by atoms with van der Waals surface area (Å²) in [6, 6.07) is 7.12. The summed E-state index contributed by atoms with van der Waals surface area (Å²) in [6.45, 7) is 2.79. The van der Waals surface area contributed by atoms with Crippen LogP contribution in [-0.4, -0.2) is 19.7 Å². The molecule has 0 aliphatic heterocycles. The van der Waals surface area contributed by atoms with Gasteiger partial charge in [0.1, 0.15) is 5.75 Å². The summed E-state index contributed by atoms with van der Waals surface area (Å²) in [7, 11) is 1.60. The smallest absolute Gasteiger partial charge is 0.338 e. The maximum Gasteiger partial charge on any atom is 0.338 e. The molecule has 1 rings (SSSR count). The second-order valence-electron chi connectivity index (χ2n) is 8.88. The van der Waals surface area contributed by atoms with Crippen LogP contribution >= 0.6 is 0 Å². The van der Waals surface area contributed by atoms with Crippen molar-refractivity contribution in [3.63, 3.8) is 0 Å². The van der Waals surface area contributed by atoms with Gasteiger partial charge in [0, 0.05) is 0 Å². The van der Waals surface area contributed by atoms with Crippen LogP contribution in [-0.2, 0) is 4.74 Å². The van der Waals surface area contributed by atoms with Gasteiger partial charge in [-0.2, -0.15) is 0 Å². The van der Waals surface area contributed by atoms with Gasteiger partial charge in [0.25, 0.3) is 0 Å². The Kier molecular flexibility index (Phi) is 18.1. The van der Waals surface area contributed by atoms with Crippen molar-refractivity contribution < 1.29 is 14.3 Å². The number of unbranched alkanes of at least 4 members (excludes halogenated alkanes) is 17. The lowest BCUT2D eigenvalue weighted by molar-refractivity contribution is 0.0497. The van der Waals surface area contributed by atoms with E-state index < -0.39 is 0 Å². The first-order chi connectivity index (χ1) is 15.3. The van der Waals surface area contributed by atoms with Gasteiger partial charge in [-0.3, -0.25) is 0 Å². The molecule has 0 saturated heterocycles. The van der Waals surface area contributed by atoms with Crippen LogP contribution in [0.3, 0.4) is 0 Å². The predicted molar refractivity (Wildman–Crippen MR) is 132 cm³/mol. The van der Waals surface area contributed by atoms with Crippen LogP contribution in [0.4, 0.5) is 0 Å². The number of esters is 1. The number of carbonyl (C=O) groups excluding carboxylic acids is 1. The molecule has 0 amide bonds. The molecule has 0 saturated carbocycles. The third kappa shape index (κ3) is 15.9. The van der Waals surface area contributed by atoms with E-state index in [2.05, 4.69) is 6.92 Å². The number of rotatable bonds is 21. The Balaban J connectivity index is 1.79. The monoisotopic (exact) mass is 432 g/mol. The number of hydrogen-bond donors (Lipinski definition) is 0. The highest BCUT2D eigenvalue weighted by atomic mass is 16.5. The second kappa shape index (κ2) is 20.4. The van der Waals surface area contributed by atoms with Gasteiger partial charge < -0.3 is 9.47 Å². The van der Waals surface area contributed by atoms with Crippen molar-refractivity contribution in [2.75, 3.05) is 13.7 Å². The van der Waals surface area contributed by atoms with Crippen molar-refractivity contribution >= 4 is 5.97 Å². The van der Waals surface area contributed by atoms with Crippen molar-refractivity contribution in [3.05, 3.63) is 29.8 Å². The van der Waals surface area contributed by atoms with Gasteiger partial charge in [-0.15, -0.1) is 0 Å². The molecule has 3 heteroatoms. The molecule has 31 heavy (non-hydrogen) atoms. The van der Waals surface area contributed by atoms with Crippen LogP contribution in [0.2, 0.25) is 0 Å². The molecular formula is C28H48O3. The van der Waals surface area contributed by atoms with Crippen molar-refractivity contribution in [2.24, 2.45) is 0 Å². The van der Waals surface area contributed by atoms with Crippen LogP contribution < -0.4 is 4.74 Å². The molecule has 0 bridgehead atoms. The normalized spacial score (nSPS) is 10.9. The third-order valence-corrected chi connectivity index (χ3v) is 6.04. The lowest BCUT2D eigenvalue weighted by Gasteiger charge is -2.06. The second-order valence-corrected chi connectivity index (χ2v) is 8.88. The summed E-state index contributed by atoms with van der Waals surface area (Å²) in [5, 5.41) is 0. The molecule has 0 spiro atoms. The van der Waals surface area contributed by atoms with E-state index in [9.17, 15) is 4.79 Å². The molecule has 178 valence electrons. The largest absolute Gasteiger partial charge is 0.497 e. The van der Waals surface area contributed by atoms with Crippen molar-refractivity contribution in [3.8, 4) is 5.75 Å². The molecular weight excluding hydrogens is 384 g/mol. The van der Waals surface area contributed by atoms with Crippen LogP contribution in [0.15, 0.2) is 24.3 Å². The maximum atomic E-state index is 12.0. The standard InChI is InChI=1S/C28H48O3/c1-3-4-5-6-7-8-9-10-11-12-13-14-15-16-17-18-19-20-24-31-28(29)26-22-21-23-27(25-26)30-2/h21-23,25H,3-20,24H2,1-2H3. The predicted octanol–water partition coefficient (Wildman–Crippen LogP) is 8.89. The fraction of sp³-hybridized carbons (Fsp3) is 0.750. The Hall–Kier alpha value is -1.51. The van der Waals surface area contributed by atoms with E-state index in [-0.39, 0.29) is 5.97 Å². The quantitative estimate of drug-likeness (QED) is 0.144. The number of ether oxygens (including phenoxy) is 2. The summed E-state index contributed by atoms with van der Waals surface area (Å²) in [5.74, 6) is 0.425. The summed E-state index contributed by atoms with van der Waals surface area (Å²) in [6.07, 6.45) is 24.5. The highest BCUT2D eigenvalue weighted by Gasteiger charge is 2.07. The minimum atomic E-state index is -0.258. The topological polar surface area (TPSA) is 35.5 Å². The van der Waals surface area contributed by atoms with Gasteiger partial charge in [-0.25, -0.2) is 4.79 Å². The number of methoxy groups -OCH3 is 1. The summed E-state index contributed by atoms with van der Waals surface area (Å²) >= 11 is 0. The molecule has 1 aromatic rings. The first-order valence-electron chi connectivity index (χ1n) is 13.1. The van der Waals surface area contributed by atoms with Crippen LogP contribution in [0, 0.1) is 0 Å².